The van der Waals surface area contributed by atoms with Gasteiger partial charge >= 0.3 is 5.97 Å². The van der Waals surface area contributed by atoms with Crippen LogP contribution in [0.25, 0.3) is 0 Å². The number of hydrogen-bond acceptors (Lipinski definition) is 4. The Balaban J connectivity index is 0.00000240. The average molecular weight is 477 g/mol. The average Bonchev–Trinajstić information content (AvgIpc) is 3.22. The molecular weight excluding hydrogens is 452 g/mol. The summed E-state index contributed by atoms with van der Waals surface area (Å²) >= 11 is 1.34. The van der Waals surface area contributed by atoms with Crippen molar-refractivity contribution in [1.82, 2.24) is 4.57 Å². The van der Waals surface area contributed by atoms with E-state index in [2.05, 4.69) is 22.3 Å². The van der Waals surface area contributed by atoms with Crippen LogP contribution in [-0.2, 0) is 28.2 Å². The molecule has 154 valence electrons. The van der Waals surface area contributed by atoms with E-state index in [-0.39, 0.29) is 23.6 Å². The first kappa shape index (κ1) is 21.7. The SMILES string of the molecule is Cc1n(CCOC(=O)C(O)(c2ccccc2)c2cccs2)cc[n+]1CC1CC1.[Br-]. The van der Waals surface area contributed by atoms with E-state index in [1.165, 1.54) is 24.2 Å². The summed E-state index contributed by atoms with van der Waals surface area (Å²) in [6.45, 7) is 3.91. The number of nitrogens with zero attached hydrogens (tertiary/aromatic N) is 2. The van der Waals surface area contributed by atoms with Gasteiger partial charge in [-0.15, -0.1) is 11.3 Å². The number of ether oxygens (including phenoxy) is 1. The van der Waals surface area contributed by atoms with Gasteiger partial charge in [0.1, 0.15) is 25.5 Å². The standard InChI is InChI=1S/C22H25N2O3S.BrH/c1-17-23(11-12-24(17)16-18-9-10-18)13-14-27-21(25)22(26,20-8-5-15-28-20)19-6-3-2-4-7-19;/h2-8,11-12,15,18,26H,9-10,13-14,16H2,1H3;1H/q+1;/p-1. The van der Waals surface area contributed by atoms with Crippen molar-refractivity contribution < 1.29 is 36.2 Å². The van der Waals surface area contributed by atoms with Crippen molar-refractivity contribution in [2.24, 2.45) is 5.92 Å². The molecule has 0 saturated heterocycles. The van der Waals surface area contributed by atoms with Gasteiger partial charge in [0.05, 0.1) is 11.4 Å². The lowest BCUT2D eigenvalue weighted by Gasteiger charge is -2.25. The lowest BCUT2D eigenvalue weighted by molar-refractivity contribution is -0.705. The third kappa shape index (κ3) is 4.63. The second kappa shape index (κ2) is 9.24. The van der Waals surface area contributed by atoms with Gasteiger partial charge < -0.3 is 26.8 Å². The molecule has 1 N–H and O–H groups in total. The molecule has 1 aliphatic carbocycles. The zero-order valence-electron chi connectivity index (χ0n) is 16.3. The fourth-order valence-electron chi connectivity index (χ4n) is 3.42. The van der Waals surface area contributed by atoms with Crippen molar-refractivity contribution >= 4 is 17.3 Å². The normalized spacial score (nSPS) is 15.4. The molecule has 5 nitrogen and oxygen atoms in total. The van der Waals surface area contributed by atoms with Gasteiger partial charge in [-0.3, -0.25) is 0 Å². The maximum absolute atomic E-state index is 12.9. The van der Waals surface area contributed by atoms with E-state index in [1.807, 2.05) is 35.8 Å². The van der Waals surface area contributed by atoms with Gasteiger partial charge in [-0.25, -0.2) is 13.9 Å². The summed E-state index contributed by atoms with van der Waals surface area (Å²) in [4.78, 5) is 13.5. The Kier molecular flexibility index (Phi) is 6.93. The van der Waals surface area contributed by atoms with Crippen LogP contribution < -0.4 is 21.5 Å². The Morgan fingerprint density at radius 2 is 2.03 bits per heavy atom. The number of imidazole rings is 1. The lowest BCUT2D eigenvalue weighted by atomic mass is 9.92. The summed E-state index contributed by atoms with van der Waals surface area (Å²) in [6.07, 6.45) is 6.74. The molecule has 0 bridgehead atoms. The number of hydrogen-bond donors (Lipinski definition) is 1. The van der Waals surface area contributed by atoms with Crippen molar-refractivity contribution in [2.75, 3.05) is 6.61 Å². The van der Waals surface area contributed by atoms with E-state index in [4.69, 9.17) is 4.74 Å². The third-order valence-electron chi connectivity index (χ3n) is 5.34. The van der Waals surface area contributed by atoms with Gasteiger partial charge in [-0.05, 0) is 30.2 Å². The van der Waals surface area contributed by atoms with Gasteiger partial charge in [0, 0.05) is 12.5 Å². The Labute approximate surface area is 185 Å². The number of rotatable bonds is 8. The Bertz CT molecular complexity index is 938. The number of aliphatic hydroxyl groups is 1. The number of benzene rings is 1. The number of halogens is 1. The van der Waals surface area contributed by atoms with Crippen molar-refractivity contribution in [3.05, 3.63) is 76.5 Å². The second-order valence-corrected chi connectivity index (χ2v) is 8.27. The highest BCUT2D eigenvalue weighted by molar-refractivity contribution is 7.10. The number of thiophene rings is 1. The number of esters is 1. The van der Waals surface area contributed by atoms with Crippen LogP contribution in [0.2, 0.25) is 0 Å². The molecule has 29 heavy (non-hydrogen) atoms. The van der Waals surface area contributed by atoms with Gasteiger partial charge in [0.15, 0.2) is 0 Å². The Morgan fingerprint density at radius 3 is 2.69 bits per heavy atom. The fraction of sp³-hybridized carbons (Fsp3) is 0.364. The highest BCUT2D eigenvalue weighted by Gasteiger charge is 2.42. The topological polar surface area (TPSA) is 55.3 Å². The van der Waals surface area contributed by atoms with Crippen molar-refractivity contribution in [1.29, 1.82) is 0 Å². The fourth-order valence-corrected chi connectivity index (χ4v) is 4.25. The van der Waals surface area contributed by atoms with E-state index in [0.29, 0.717) is 17.0 Å². The second-order valence-electron chi connectivity index (χ2n) is 7.32. The van der Waals surface area contributed by atoms with E-state index < -0.39 is 11.6 Å². The molecule has 1 aromatic carbocycles. The van der Waals surface area contributed by atoms with Crippen LogP contribution in [0.4, 0.5) is 0 Å². The lowest BCUT2D eigenvalue weighted by Crippen LogP contribution is -3.00. The van der Waals surface area contributed by atoms with Gasteiger partial charge in [0.25, 0.3) is 5.82 Å². The summed E-state index contributed by atoms with van der Waals surface area (Å²) in [5.41, 5.74) is -1.27. The molecule has 4 rings (SSSR count). The zero-order chi connectivity index (χ0) is 19.6. The molecule has 7 heteroatoms. The minimum Gasteiger partial charge on any atom is -1.00 e. The first-order chi connectivity index (χ1) is 13.6. The van der Waals surface area contributed by atoms with E-state index in [9.17, 15) is 9.90 Å². The predicted molar refractivity (Wildman–Crippen MR) is 107 cm³/mol. The maximum Gasteiger partial charge on any atom is 0.348 e. The molecule has 1 aliphatic rings. The highest BCUT2D eigenvalue weighted by Crippen LogP contribution is 2.34. The summed E-state index contributed by atoms with van der Waals surface area (Å²) in [7, 11) is 0. The molecule has 1 atom stereocenters. The molecule has 1 unspecified atom stereocenters. The van der Waals surface area contributed by atoms with Crippen LogP contribution in [0.3, 0.4) is 0 Å². The van der Waals surface area contributed by atoms with E-state index in [0.717, 1.165) is 18.3 Å². The first-order valence-corrected chi connectivity index (χ1v) is 10.5. The molecule has 0 radical (unpaired) electrons. The molecule has 1 saturated carbocycles. The largest absolute Gasteiger partial charge is 1.00 e. The van der Waals surface area contributed by atoms with Gasteiger partial charge in [0.2, 0.25) is 5.60 Å². The summed E-state index contributed by atoms with van der Waals surface area (Å²) < 4.78 is 9.88. The van der Waals surface area contributed by atoms with Crippen LogP contribution in [-0.4, -0.2) is 22.2 Å². The molecule has 0 amide bonds. The Morgan fingerprint density at radius 1 is 1.28 bits per heavy atom. The van der Waals surface area contributed by atoms with Crippen LogP contribution in [0.1, 0.15) is 29.1 Å². The maximum atomic E-state index is 12.9. The van der Waals surface area contributed by atoms with Gasteiger partial charge in [-0.2, -0.15) is 0 Å². The van der Waals surface area contributed by atoms with E-state index >= 15 is 0 Å². The van der Waals surface area contributed by atoms with E-state index in [1.54, 1.807) is 18.2 Å². The van der Waals surface area contributed by atoms with Crippen molar-refractivity contribution in [2.45, 2.75) is 38.5 Å². The van der Waals surface area contributed by atoms with Crippen LogP contribution in [0.15, 0.2) is 60.2 Å². The first-order valence-electron chi connectivity index (χ1n) is 9.63. The van der Waals surface area contributed by atoms with Crippen molar-refractivity contribution in [3.8, 4) is 0 Å². The molecular formula is C22H25BrN2O3S. The van der Waals surface area contributed by atoms with Crippen molar-refractivity contribution in [3.63, 3.8) is 0 Å². The summed E-state index contributed by atoms with van der Waals surface area (Å²) in [5, 5.41) is 13.1. The smallest absolute Gasteiger partial charge is 0.348 e. The minimum atomic E-state index is -1.78. The highest BCUT2D eigenvalue weighted by atomic mass is 79.9. The zero-order valence-corrected chi connectivity index (χ0v) is 18.7. The number of carbonyl (C=O) groups is 1. The molecule has 2 heterocycles. The number of aromatic nitrogens is 2. The monoisotopic (exact) mass is 476 g/mol. The number of carbonyl (C=O) groups excluding carboxylic acids is 1. The summed E-state index contributed by atoms with van der Waals surface area (Å²) in [6, 6.07) is 12.6. The minimum absolute atomic E-state index is 0. The van der Waals surface area contributed by atoms with Crippen LogP contribution >= 0.6 is 11.3 Å². The third-order valence-corrected chi connectivity index (χ3v) is 6.32. The van der Waals surface area contributed by atoms with Crippen LogP contribution in [0, 0.1) is 12.8 Å². The molecule has 2 aromatic heterocycles. The predicted octanol–water partition coefficient (Wildman–Crippen LogP) is 0.0388. The molecule has 0 aliphatic heterocycles. The van der Waals surface area contributed by atoms with Gasteiger partial charge in [-0.1, -0.05) is 36.4 Å². The Hall–Kier alpha value is -1.96. The quantitative estimate of drug-likeness (QED) is 0.368. The van der Waals surface area contributed by atoms with Crippen LogP contribution in [0.5, 0.6) is 0 Å². The molecule has 0 spiro atoms. The summed E-state index contributed by atoms with van der Waals surface area (Å²) in [5.74, 6) is 1.32. The molecule has 1 fully saturated rings. The molecule has 3 aromatic rings.